The lowest BCUT2D eigenvalue weighted by Crippen LogP contribution is -2.57. The lowest BCUT2D eigenvalue weighted by atomic mass is 9.78. The molecule has 2 aliphatic rings. The van der Waals surface area contributed by atoms with Gasteiger partial charge in [0.05, 0.1) is 11.5 Å². The van der Waals surface area contributed by atoms with Crippen LogP contribution in [0.5, 0.6) is 0 Å². The first kappa shape index (κ1) is 17.5. The van der Waals surface area contributed by atoms with Gasteiger partial charge in [-0.2, -0.15) is 0 Å². The predicted octanol–water partition coefficient (Wildman–Crippen LogP) is 2.24. The van der Waals surface area contributed by atoms with Gasteiger partial charge in [0.2, 0.25) is 5.91 Å². The number of rotatable bonds is 2. The number of benzene rings is 1. The largest absolute Gasteiger partial charge is 0.481 e. The zero-order chi connectivity index (χ0) is 18.2. The highest BCUT2D eigenvalue weighted by Gasteiger charge is 2.52. The van der Waals surface area contributed by atoms with Gasteiger partial charge in [0.15, 0.2) is 0 Å². The summed E-state index contributed by atoms with van der Waals surface area (Å²) in [7, 11) is 0. The molecule has 1 atom stereocenters. The molecule has 0 aromatic heterocycles. The third-order valence-electron chi connectivity index (χ3n) is 5.20. The van der Waals surface area contributed by atoms with Crippen LogP contribution in [-0.2, 0) is 9.59 Å². The number of carbonyl (C=O) groups is 3. The first-order chi connectivity index (χ1) is 11.8. The van der Waals surface area contributed by atoms with Crippen LogP contribution >= 0.6 is 11.6 Å². The van der Waals surface area contributed by atoms with Crippen molar-refractivity contribution >= 4 is 35.2 Å². The normalized spacial score (nSPS) is 21.9. The molecule has 2 fully saturated rings. The maximum Gasteiger partial charge on any atom is 0.321 e. The number of aliphatic carboxylic acids is 1. The Kier molecular flexibility index (Phi) is 4.60. The highest BCUT2D eigenvalue weighted by atomic mass is 35.5. The first-order valence-electron chi connectivity index (χ1n) is 8.17. The number of halogens is 1. The van der Waals surface area contributed by atoms with Crippen LogP contribution in [0.1, 0.15) is 24.8 Å². The van der Waals surface area contributed by atoms with Crippen LogP contribution in [0.3, 0.4) is 0 Å². The van der Waals surface area contributed by atoms with E-state index in [-0.39, 0.29) is 18.4 Å². The van der Waals surface area contributed by atoms with Gasteiger partial charge >= 0.3 is 12.0 Å². The van der Waals surface area contributed by atoms with Gasteiger partial charge in [-0.15, -0.1) is 0 Å². The minimum absolute atomic E-state index is 0.00321. The van der Waals surface area contributed by atoms with Gasteiger partial charge in [-0.1, -0.05) is 17.7 Å². The summed E-state index contributed by atoms with van der Waals surface area (Å²) < 4.78 is 0. The van der Waals surface area contributed by atoms with Crippen molar-refractivity contribution in [3.8, 4) is 0 Å². The van der Waals surface area contributed by atoms with Crippen molar-refractivity contribution in [1.82, 2.24) is 10.2 Å². The number of likely N-dealkylation sites (tertiary alicyclic amines) is 1. The topological polar surface area (TPSA) is 98.7 Å². The SMILES string of the molecule is Cc1c(Cl)cccc1NC(=O)N1CCC2(CC1)NC(=O)C[C@H]2C(=O)O. The fourth-order valence-electron chi connectivity index (χ4n) is 3.64. The Morgan fingerprint density at radius 3 is 2.68 bits per heavy atom. The molecule has 1 aromatic rings. The lowest BCUT2D eigenvalue weighted by Gasteiger charge is -2.41. The zero-order valence-electron chi connectivity index (χ0n) is 13.8. The van der Waals surface area contributed by atoms with Crippen LogP contribution in [0, 0.1) is 12.8 Å². The van der Waals surface area contributed by atoms with Gasteiger partial charge in [0, 0.05) is 30.2 Å². The van der Waals surface area contributed by atoms with E-state index in [1.165, 1.54) is 0 Å². The zero-order valence-corrected chi connectivity index (χ0v) is 14.6. The van der Waals surface area contributed by atoms with Crippen molar-refractivity contribution in [1.29, 1.82) is 0 Å². The van der Waals surface area contributed by atoms with Gasteiger partial charge in [-0.25, -0.2) is 4.79 Å². The number of carboxylic acids is 1. The van der Waals surface area contributed by atoms with Crippen LogP contribution in [0.25, 0.3) is 0 Å². The van der Waals surface area contributed by atoms with Gasteiger partial charge in [0.1, 0.15) is 0 Å². The minimum Gasteiger partial charge on any atom is -0.481 e. The Morgan fingerprint density at radius 2 is 2.04 bits per heavy atom. The van der Waals surface area contributed by atoms with Gasteiger partial charge in [0.25, 0.3) is 0 Å². The lowest BCUT2D eigenvalue weighted by molar-refractivity contribution is -0.144. The standard InChI is InChI=1S/C17H20ClN3O4/c1-10-12(18)3-2-4-13(10)19-16(25)21-7-5-17(6-8-21)11(15(23)24)9-14(22)20-17/h2-4,11H,5-9H2,1H3,(H,19,25)(H,20,22)(H,23,24)/t11-/m0/s1. The molecular formula is C17H20ClN3O4. The van der Waals surface area contributed by atoms with E-state index in [1.54, 1.807) is 23.1 Å². The Hall–Kier alpha value is -2.28. The molecule has 0 unspecified atom stereocenters. The van der Waals surface area contributed by atoms with E-state index < -0.39 is 17.4 Å². The number of hydrogen-bond acceptors (Lipinski definition) is 3. The molecule has 25 heavy (non-hydrogen) atoms. The molecule has 2 aliphatic heterocycles. The molecule has 2 heterocycles. The molecule has 0 radical (unpaired) electrons. The number of hydrogen-bond donors (Lipinski definition) is 3. The highest BCUT2D eigenvalue weighted by molar-refractivity contribution is 6.31. The third-order valence-corrected chi connectivity index (χ3v) is 5.60. The summed E-state index contributed by atoms with van der Waals surface area (Å²) in [6.07, 6.45) is 0.860. The number of carboxylic acid groups (broad SMARTS) is 1. The molecule has 3 amide bonds. The van der Waals surface area contributed by atoms with Crippen molar-refractivity contribution in [2.45, 2.75) is 31.7 Å². The Labute approximate surface area is 150 Å². The molecule has 0 bridgehead atoms. The maximum absolute atomic E-state index is 12.5. The molecule has 134 valence electrons. The van der Waals surface area contributed by atoms with E-state index in [2.05, 4.69) is 10.6 Å². The Morgan fingerprint density at radius 1 is 1.36 bits per heavy atom. The summed E-state index contributed by atoms with van der Waals surface area (Å²) in [5, 5.41) is 15.6. The first-order valence-corrected chi connectivity index (χ1v) is 8.55. The van der Waals surface area contributed by atoms with E-state index in [0.717, 1.165) is 5.56 Å². The average molecular weight is 366 g/mol. The van der Waals surface area contributed by atoms with Gasteiger partial charge in [-0.3, -0.25) is 9.59 Å². The van der Waals surface area contributed by atoms with Crippen LogP contribution in [-0.4, -0.2) is 46.5 Å². The summed E-state index contributed by atoms with van der Waals surface area (Å²) in [5.74, 6) is -1.94. The second-order valence-corrected chi connectivity index (χ2v) is 7.04. The van der Waals surface area contributed by atoms with Crippen molar-refractivity contribution in [3.05, 3.63) is 28.8 Å². The number of urea groups is 1. The molecule has 1 spiro atoms. The third kappa shape index (κ3) is 3.28. The van der Waals surface area contributed by atoms with E-state index in [9.17, 15) is 19.5 Å². The van der Waals surface area contributed by atoms with Crippen molar-refractivity contribution < 1.29 is 19.5 Å². The predicted molar refractivity (Wildman–Crippen MR) is 92.6 cm³/mol. The Balaban J connectivity index is 1.66. The molecule has 7 nitrogen and oxygen atoms in total. The number of nitrogens with one attached hydrogen (secondary N) is 2. The Bertz CT molecular complexity index is 729. The summed E-state index contributed by atoms with van der Waals surface area (Å²) in [6, 6.07) is 5.05. The second-order valence-electron chi connectivity index (χ2n) is 6.63. The molecule has 3 rings (SSSR count). The summed E-state index contributed by atoms with van der Waals surface area (Å²) in [6.45, 7) is 2.60. The minimum atomic E-state index is -0.967. The van der Waals surface area contributed by atoms with Gasteiger partial charge < -0.3 is 20.6 Å². The molecule has 8 heteroatoms. The van der Waals surface area contributed by atoms with Crippen LogP contribution in [0.2, 0.25) is 5.02 Å². The van der Waals surface area contributed by atoms with Gasteiger partial charge in [-0.05, 0) is 37.5 Å². The van der Waals surface area contributed by atoms with Crippen molar-refractivity contribution in [2.24, 2.45) is 5.92 Å². The maximum atomic E-state index is 12.5. The summed E-state index contributed by atoms with van der Waals surface area (Å²) >= 11 is 6.06. The number of anilines is 1. The van der Waals surface area contributed by atoms with E-state index >= 15 is 0 Å². The van der Waals surface area contributed by atoms with Crippen LogP contribution in [0.4, 0.5) is 10.5 Å². The number of nitrogens with zero attached hydrogens (tertiary/aromatic N) is 1. The van der Waals surface area contributed by atoms with Crippen molar-refractivity contribution in [3.63, 3.8) is 0 Å². The second kappa shape index (κ2) is 6.55. The highest BCUT2D eigenvalue weighted by Crippen LogP contribution is 2.37. The summed E-state index contributed by atoms with van der Waals surface area (Å²) in [5.41, 5.74) is 0.696. The van der Waals surface area contributed by atoms with Crippen LogP contribution < -0.4 is 10.6 Å². The van der Waals surface area contributed by atoms with Crippen molar-refractivity contribution in [2.75, 3.05) is 18.4 Å². The van der Waals surface area contributed by atoms with E-state index in [4.69, 9.17) is 11.6 Å². The molecule has 2 saturated heterocycles. The quantitative estimate of drug-likeness (QED) is 0.748. The number of amides is 3. The fraction of sp³-hybridized carbons (Fsp3) is 0.471. The molecule has 1 aromatic carbocycles. The van der Waals surface area contributed by atoms with E-state index in [1.807, 2.05) is 6.92 Å². The van der Waals surface area contributed by atoms with E-state index in [0.29, 0.717) is 36.6 Å². The average Bonchev–Trinajstić information content (AvgIpc) is 2.88. The monoisotopic (exact) mass is 365 g/mol. The molecular weight excluding hydrogens is 346 g/mol. The summed E-state index contributed by atoms with van der Waals surface area (Å²) in [4.78, 5) is 37.2. The number of piperidine rings is 1. The fourth-order valence-corrected chi connectivity index (χ4v) is 3.81. The molecule has 0 saturated carbocycles. The smallest absolute Gasteiger partial charge is 0.321 e. The number of carbonyl (C=O) groups excluding carboxylic acids is 2. The molecule has 0 aliphatic carbocycles. The van der Waals surface area contributed by atoms with Crippen LogP contribution in [0.15, 0.2) is 18.2 Å². The molecule has 3 N–H and O–H groups in total.